The van der Waals surface area contributed by atoms with E-state index >= 15 is 0 Å². The second-order valence-corrected chi connectivity index (χ2v) is 6.73. The lowest BCUT2D eigenvalue weighted by atomic mass is 10.1. The van der Waals surface area contributed by atoms with Gasteiger partial charge >= 0.3 is 5.51 Å². The van der Waals surface area contributed by atoms with Gasteiger partial charge in [0.25, 0.3) is 5.92 Å². The van der Waals surface area contributed by atoms with Crippen molar-refractivity contribution < 1.29 is 35.5 Å². The first-order valence-corrected chi connectivity index (χ1v) is 7.97. The van der Waals surface area contributed by atoms with Gasteiger partial charge in [-0.1, -0.05) is 0 Å². The molecule has 0 bridgehead atoms. The molecule has 0 heterocycles. The third-order valence-corrected chi connectivity index (χ3v) is 4.55. The van der Waals surface area contributed by atoms with E-state index < -0.39 is 52.2 Å². The Morgan fingerprint density at radius 2 is 1.69 bits per heavy atom. The van der Waals surface area contributed by atoms with Gasteiger partial charge in [0.2, 0.25) is 0 Å². The van der Waals surface area contributed by atoms with E-state index in [1.54, 1.807) is 0 Å². The van der Waals surface area contributed by atoms with Crippen LogP contribution in [0, 0.1) is 11.6 Å². The molecule has 0 saturated heterocycles. The molecule has 1 unspecified atom stereocenters. The van der Waals surface area contributed by atoms with Gasteiger partial charge in [-0.15, -0.1) is 0 Å². The Morgan fingerprint density at radius 3 is 2.27 bits per heavy atom. The monoisotopic (exact) mass is 397 g/mol. The number of ether oxygens (including phenoxy) is 1. The molecule has 1 aliphatic carbocycles. The fourth-order valence-corrected chi connectivity index (χ4v) is 3.47. The largest absolute Gasteiger partial charge is 0.457 e. The highest BCUT2D eigenvalue weighted by atomic mass is 32.2. The van der Waals surface area contributed by atoms with E-state index in [0.717, 1.165) is 24.3 Å². The van der Waals surface area contributed by atoms with Crippen LogP contribution >= 0.6 is 11.8 Å². The van der Waals surface area contributed by atoms with Gasteiger partial charge < -0.3 is 10.5 Å². The Balaban J connectivity index is 2.06. The van der Waals surface area contributed by atoms with Crippen molar-refractivity contribution in [2.24, 2.45) is 5.73 Å². The predicted octanol–water partition coefficient (Wildman–Crippen LogP) is 5.56. The van der Waals surface area contributed by atoms with Crippen LogP contribution in [0.1, 0.15) is 17.2 Å². The average molecular weight is 397 g/mol. The first-order chi connectivity index (χ1) is 12.0. The molecule has 3 rings (SSSR count). The molecule has 1 aliphatic rings. The lowest BCUT2D eigenvalue weighted by Crippen LogP contribution is -2.29. The topological polar surface area (TPSA) is 35.2 Å². The third-order valence-electron chi connectivity index (χ3n) is 3.74. The second kappa shape index (κ2) is 6.34. The number of nitrogens with two attached hydrogens (primary N) is 1. The van der Waals surface area contributed by atoms with Crippen molar-refractivity contribution in [3.63, 3.8) is 0 Å². The zero-order chi connectivity index (χ0) is 19.3. The lowest BCUT2D eigenvalue weighted by molar-refractivity contribution is -0.0331. The van der Waals surface area contributed by atoms with E-state index in [-0.39, 0.29) is 22.6 Å². The third kappa shape index (κ3) is 3.75. The van der Waals surface area contributed by atoms with Crippen LogP contribution in [0.25, 0.3) is 0 Å². The zero-order valence-corrected chi connectivity index (χ0v) is 13.5. The molecule has 26 heavy (non-hydrogen) atoms. The lowest BCUT2D eigenvalue weighted by Gasteiger charge is -2.17. The summed E-state index contributed by atoms with van der Waals surface area (Å²) in [6.07, 6.45) is -0.942. The van der Waals surface area contributed by atoms with Gasteiger partial charge in [-0.25, -0.2) is 17.6 Å². The van der Waals surface area contributed by atoms with Crippen molar-refractivity contribution in [2.45, 2.75) is 28.8 Å². The van der Waals surface area contributed by atoms with Crippen LogP contribution in [-0.2, 0) is 6.42 Å². The fourth-order valence-electron chi connectivity index (χ4n) is 2.73. The van der Waals surface area contributed by atoms with Gasteiger partial charge in [-0.05, 0) is 29.5 Å². The highest BCUT2D eigenvalue weighted by Crippen LogP contribution is 2.51. The molecule has 2 nitrogen and oxygen atoms in total. The Morgan fingerprint density at radius 1 is 1.08 bits per heavy atom. The molecule has 140 valence electrons. The number of hydrogen-bond donors (Lipinski definition) is 1. The summed E-state index contributed by atoms with van der Waals surface area (Å²) in [4.78, 5) is -0.463. The summed E-state index contributed by atoms with van der Waals surface area (Å²) in [6, 6.07) is 2.27. The highest BCUT2D eigenvalue weighted by molar-refractivity contribution is 8.00. The first-order valence-electron chi connectivity index (χ1n) is 7.15. The molecule has 2 aromatic carbocycles. The molecular formula is C16H10F7NOS. The molecule has 1 atom stereocenters. The molecule has 2 N–H and O–H groups in total. The predicted molar refractivity (Wildman–Crippen MR) is 80.4 cm³/mol. The van der Waals surface area contributed by atoms with Crippen molar-refractivity contribution in [1.29, 1.82) is 0 Å². The molecule has 0 fully saturated rings. The van der Waals surface area contributed by atoms with E-state index in [2.05, 4.69) is 0 Å². The molecule has 10 heteroatoms. The van der Waals surface area contributed by atoms with Gasteiger partial charge in [-0.3, -0.25) is 0 Å². The van der Waals surface area contributed by atoms with Crippen LogP contribution < -0.4 is 10.5 Å². The molecule has 0 saturated carbocycles. The normalized spacial score (nSPS) is 18.7. The Bertz CT molecular complexity index is 833. The number of rotatable bonds is 3. The summed E-state index contributed by atoms with van der Waals surface area (Å²) in [5.41, 5.74) is 0.149. The maximum atomic E-state index is 14.0. The van der Waals surface area contributed by atoms with Crippen LogP contribution in [0.15, 0.2) is 35.2 Å². The van der Waals surface area contributed by atoms with E-state index in [1.165, 1.54) is 0 Å². The Labute approximate surface area is 147 Å². The van der Waals surface area contributed by atoms with Crippen molar-refractivity contribution in [3.8, 4) is 11.5 Å². The van der Waals surface area contributed by atoms with Crippen LogP contribution in [0.3, 0.4) is 0 Å². The summed E-state index contributed by atoms with van der Waals surface area (Å²) in [5.74, 6) is -5.93. The SMILES string of the molecule is NC1c2c(SC(F)(F)F)ccc(Oc3cc(F)cc(F)c3)c2CC1(F)F. The summed E-state index contributed by atoms with van der Waals surface area (Å²) in [7, 11) is 0. The van der Waals surface area contributed by atoms with E-state index in [0.29, 0.717) is 6.07 Å². The molecule has 0 aromatic heterocycles. The van der Waals surface area contributed by atoms with Crippen LogP contribution in [0.2, 0.25) is 0 Å². The van der Waals surface area contributed by atoms with E-state index in [1.807, 2.05) is 0 Å². The summed E-state index contributed by atoms with van der Waals surface area (Å²) in [6.45, 7) is 0. The van der Waals surface area contributed by atoms with Gasteiger partial charge in [-0.2, -0.15) is 13.2 Å². The summed E-state index contributed by atoms with van der Waals surface area (Å²) >= 11 is -0.558. The Kier molecular flexibility index (Phi) is 4.60. The van der Waals surface area contributed by atoms with Crippen molar-refractivity contribution in [3.05, 3.63) is 53.1 Å². The minimum atomic E-state index is -4.70. The fraction of sp³-hybridized carbons (Fsp3) is 0.250. The number of benzene rings is 2. The maximum Gasteiger partial charge on any atom is 0.446 e. The van der Waals surface area contributed by atoms with Gasteiger partial charge in [0.1, 0.15) is 23.1 Å². The van der Waals surface area contributed by atoms with E-state index in [4.69, 9.17) is 10.5 Å². The standard InChI is InChI=1S/C16H10F7NOS/c17-7-3-8(18)5-9(4-7)25-11-1-2-12(26-16(21,22)23)13-10(11)6-15(19,20)14(13)24/h1-5,14H,6,24H2. The van der Waals surface area contributed by atoms with Crippen LogP contribution in [0.5, 0.6) is 11.5 Å². The number of thioether (sulfide) groups is 1. The average Bonchev–Trinajstić information content (AvgIpc) is 2.70. The van der Waals surface area contributed by atoms with Gasteiger partial charge in [0.05, 0.1) is 6.04 Å². The number of fused-ring (bicyclic) bond motifs is 1. The van der Waals surface area contributed by atoms with Crippen LogP contribution in [-0.4, -0.2) is 11.4 Å². The number of hydrogen-bond acceptors (Lipinski definition) is 3. The maximum absolute atomic E-state index is 14.0. The second-order valence-electron chi connectivity index (χ2n) is 5.62. The first kappa shape index (κ1) is 18.8. The molecule has 0 amide bonds. The van der Waals surface area contributed by atoms with Crippen molar-refractivity contribution >= 4 is 11.8 Å². The molecule has 0 aliphatic heterocycles. The quantitative estimate of drug-likeness (QED) is 0.544. The van der Waals surface area contributed by atoms with Gasteiger partial charge in [0.15, 0.2) is 0 Å². The van der Waals surface area contributed by atoms with Crippen molar-refractivity contribution in [1.82, 2.24) is 0 Å². The Hall–Kier alpha value is -1.94. The van der Waals surface area contributed by atoms with E-state index in [9.17, 15) is 30.7 Å². The molecule has 2 aromatic rings. The number of halogens is 7. The minimum Gasteiger partial charge on any atom is -0.457 e. The zero-order valence-electron chi connectivity index (χ0n) is 12.7. The number of alkyl halides is 5. The van der Waals surface area contributed by atoms with Crippen LogP contribution in [0.4, 0.5) is 30.7 Å². The molecular weight excluding hydrogens is 387 g/mol. The smallest absolute Gasteiger partial charge is 0.446 e. The summed E-state index contributed by atoms with van der Waals surface area (Å²) in [5, 5.41) is 0. The molecule has 0 spiro atoms. The minimum absolute atomic E-state index is 0.221. The highest BCUT2D eigenvalue weighted by Gasteiger charge is 2.49. The van der Waals surface area contributed by atoms with Crippen molar-refractivity contribution in [2.75, 3.05) is 0 Å². The van der Waals surface area contributed by atoms with Gasteiger partial charge in [0, 0.05) is 35.1 Å². The molecule has 0 radical (unpaired) electrons. The summed E-state index contributed by atoms with van der Waals surface area (Å²) < 4.78 is 97.8.